The third-order valence-corrected chi connectivity index (χ3v) is 5.09. The molecule has 1 aliphatic heterocycles. The maximum atomic E-state index is 12.4. The predicted octanol–water partition coefficient (Wildman–Crippen LogP) is 2.11. The zero-order valence-corrected chi connectivity index (χ0v) is 22.8. The monoisotopic (exact) mass is 566 g/mol. The Balaban J connectivity index is 0.00000512. The zero-order valence-electron chi connectivity index (χ0n) is 20.5. The van der Waals surface area contributed by atoms with Crippen LogP contribution in [0.2, 0.25) is 0 Å². The number of carbonyl (C=O) groups excluding carboxylic acids is 2. The van der Waals surface area contributed by atoms with E-state index in [0.29, 0.717) is 32.2 Å². The summed E-state index contributed by atoms with van der Waals surface area (Å²) in [5, 5.41) is 6.41. The van der Waals surface area contributed by atoms with Gasteiger partial charge in [-0.25, -0.2) is 4.79 Å². The minimum atomic E-state index is -0.503. The molecule has 0 aromatic heterocycles. The quantitative estimate of drug-likeness (QED) is 0.253. The molecule has 1 aliphatic carbocycles. The number of hydrogen-bond donors (Lipinski definition) is 2. The van der Waals surface area contributed by atoms with Gasteiger partial charge in [0.2, 0.25) is 5.91 Å². The number of hydrogen-bond acceptors (Lipinski definition) is 5. The molecule has 2 N–H and O–H groups in total. The van der Waals surface area contributed by atoms with Crippen LogP contribution >= 0.6 is 24.0 Å². The molecule has 1 heterocycles. The van der Waals surface area contributed by atoms with Crippen molar-refractivity contribution < 1.29 is 14.3 Å². The predicted molar refractivity (Wildman–Crippen MR) is 139 cm³/mol. The van der Waals surface area contributed by atoms with E-state index in [-0.39, 0.29) is 36.0 Å². The second-order valence-corrected chi connectivity index (χ2v) is 9.31. The molecular weight excluding hydrogens is 523 g/mol. The Labute approximate surface area is 210 Å². The van der Waals surface area contributed by atoms with Crippen molar-refractivity contribution in [3.63, 3.8) is 0 Å². The van der Waals surface area contributed by atoms with E-state index in [1.165, 1.54) is 0 Å². The molecule has 0 unspecified atom stereocenters. The Kier molecular flexibility index (Phi) is 12.6. The molecule has 0 atom stereocenters. The van der Waals surface area contributed by atoms with Gasteiger partial charge in [-0.3, -0.25) is 14.7 Å². The minimum Gasteiger partial charge on any atom is -0.444 e. The van der Waals surface area contributed by atoms with Crippen molar-refractivity contribution >= 4 is 41.9 Å². The lowest BCUT2D eigenvalue weighted by atomic mass is 10.2. The van der Waals surface area contributed by atoms with Crippen LogP contribution < -0.4 is 10.6 Å². The third-order valence-electron chi connectivity index (χ3n) is 5.09. The standard InChI is InChI=1S/C22H42N6O3.HI/c1-6-11-28(21(30)31-22(3,4)5)12-10-24-20(23-7-2)27-15-13-26(14-16-27)17-19(29)25-18-8-9-18;/h18H,6-17H2,1-5H3,(H,23,24)(H,25,29);1H. The summed E-state index contributed by atoms with van der Waals surface area (Å²) >= 11 is 0. The van der Waals surface area contributed by atoms with Gasteiger partial charge in [-0.2, -0.15) is 0 Å². The summed E-state index contributed by atoms with van der Waals surface area (Å²) < 4.78 is 5.52. The number of ether oxygens (including phenoxy) is 1. The van der Waals surface area contributed by atoms with Crippen LogP contribution in [0, 0.1) is 0 Å². The van der Waals surface area contributed by atoms with E-state index in [1.54, 1.807) is 4.90 Å². The van der Waals surface area contributed by atoms with Crippen molar-refractivity contribution in [1.82, 2.24) is 25.3 Å². The van der Waals surface area contributed by atoms with Crippen molar-refractivity contribution in [3.8, 4) is 0 Å². The average molecular weight is 567 g/mol. The fraction of sp³-hybridized carbons (Fsp3) is 0.864. The summed E-state index contributed by atoms with van der Waals surface area (Å²) in [4.78, 5) is 35.4. The van der Waals surface area contributed by atoms with Crippen LogP contribution in [-0.4, -0.2) is 103 Å². The van der Waals surface area contributed by atoms with Gasteiger partial charge in [0.05, 0.1) is 13.1 Å². The molecule has 0 spiro atoms. The van der Waals surface area contributed by atoms with Crippen molar-refractivity contribution in [2.75, 3.05) is 58.9 Å². The number of aliphatic imine (C=N–C) groups is 1. The fourth-order valence-electron chi connectivity index (χ4n) is 3.42. The number of amides is 2. The molecule has 0 aromatic rings. The lowest BCUT2D eigenvalue weighted by molar-refractivity contribution is -0.122. The number of guanidine groups is 1. The van der Waals surface area contributed by atoms with E-state index in [9.17, 15) is 9.59 Å². The molecule has 10 heteroatoms. The van der Waals surface area contributed by atoms with Crippen molar-refractivity contribution in [1.29, 1.82) is 0 Å². The molecule has 0 aromatic carbocycles. The first-order valence-corrected chi connectivity index (χ1v) is 11.7. The molecule has 2 aliphatic rings. The van der Waals surface area contributed by atoms with Gasteiger partial charge in [-0.15, -0.1) is 24.0 Å². The van der Waals surface area contributed by atoms with E-state index in [4.69, 9.17) is 9.73 Å². The van der Waals surface area contributed by atoms with E-state index in [2.05, 4.69) is 34.3 Å². The largest absolute Gasteiger partial charge is 0.444 e. The smallest absolute Gasteiger partial charge is 0.410 e. The summed E-state index contributed by atoms with van der Waals surface area (Å²) in [7, 11) is 0. The fourth-order valence-corrected chi connectivity index (χ4v) is 3.42. The number of rotatable bonds is 9. The molecular formula is C22H43IN6O3. The lowest BCUT2D eigenvalue weighted by Crippen LogP contribution is -2.54. The second-order valence-electron chi connectivity index (χ2n) is 9.31. The highest BCUT2D eigenvalue weighted by molar-refractivity contribution is 14.0. The van der Waals surface area contributed by atoms with Gasteiger partial charge in [0.15, 0.2) is 5.96 Å². The number of halogens is 1. The van der Waals surface area contributed by atoms with E-state index >= 15 is 0 Å². The Bertz CT molecular complexity index is 613. The van der Waals surface area contributed by atoms with Gasteiger partial charge in [0.1, 0.15) is 5.60 Å². The molecule has 186 valence electrons. The second kappa shape index (κ2) is 14.1. The Morgan fingerprint density at radius 3 is 2.28 bits per heavy atom. The van der Waals surface area contributed by atoms with Gasteiger partial charge in [0, 0.05) is 51.9 Å². The Hall–Kier alpha value is -1.30. The summed E-state index contributed by atoms with van der Waals surface area (Å²) in [6.45, 7) is 16.0. The Morgan fingerprint density at radius 1 is 1.09 bits per heavy atom. The maximum absolute atomic E-state index is 12.4. The molecule has 32 heavy (non-hydrogen) atoms. The maximum Gasteiger partial charge on any atom is 0.410 e. The van der Waals surface area contributed by atoms with Crippen LogP contribution in [0.25, 0.3) is 0 Å². The van der Waals surface area contributed by atoms with Gasteiger partial charge in [-0.1, -0.05) is 6.92 Å². The minimum absolute atomic E-state index is 0. The van der Waals surface area contributed by atoms with Gasteiger partial charge in [0.25, 0.3) is 0 Å². The molecule has 0 radical (unpaired) electrons. The third kappa shape index (κ3) is 11.0. The Morgan fingerprint density at radius 2 is 1.75 bits per heavy atom. The number of carbonyl (C=O) groups is 2. The van der Waals surface area contributed by atoms with Crippen molar-refractivity contribution in [2.45, 2.75) is 65.5 Å². The summed E-state index contributed by atoms with van der Waals surface area (Å²) in [5.74, 6) is 1.000. The highest BCUT2D eigenvalue weighted by atomic mass is 127. The zero-order chi connectivity index (χ0) is 22.9. The van der Waals surface area contributed by atoms with Crippen molar-refractivity contribution in [3.05, 3.63) is 0 Å². The van der Waals surface area contributed by atoms with Crippen LogP contribution in [0.15, 0.2) is 4.99 Å². The van der Waals surface area contributed by atoms with Gasteiger partial charge >= 0.3 is 6.09 Å². The van der Waals surface area contributed by atoms with E-state index in [0.717, 1.165) is 57.9 Å². The molecule has 1 saturated heterocycles. The lowest BCUT2D eigenvalue weighted by Gasteiger charge is -2.36. The molecule has 2 fully saturated rings. The van der Waals surface area contributed by atoms with Gasteiger partial charge < -0.3 is 25.2 Å². The van der Waals surface area contributed by atoms with Gasteiger partial charge in [-0.05, 0) is 47.0 Å². The average Bonchev–Trinajstić information content (AvgIpc) is 3.49. The first-order chi connectivity index (χ1) is 14.7. The highest BCUT2D eigenvalue weighted by Gasteiger charge is 2.26. The topological polar surface area (TPSA) is 89.5 Å². The summed E-state index contributed by atoms with van der Waals surface area (Å²) in [5.41, 5.74) is -0.503. The van der Waals surface area contributed by atoms with E-state index < -0.39 is 5.60 Å². The molecule has 2 amide bonds. The SMILES string of the molecule is CCCN(CCN=C(NCC)N1CCN(CC(=O)NC2CC2)CC1)C(=O)OC(C)(C)C.I. The van der Waals surface area contributed by atoms with Crippen LogP contribution in [-0.2, 0) is 9.53 Å². The molecule has 9 nitrogen and oxygen atoms in total. The summed E-state index contributed by atoms with van der Waals surface area (Å²) in [6, 6.07) is 0.411. The number of nitrogens with zero attached hydrogens (tertiary/aromatic N) is 4. The van der Waals surface area contributed by atoms with Crippen LogP contribution in [0.5, 0.6) is 0 Å². The number of nitrogens with one attached hydrogen (secondary N) is 2. The highest BCUT2D eigenvalue weighted by Crippen LogP contribution is 2.18. The first kappa shape index (κ1) is 28.7. The first-order valence-electron chi connectivity index (χ1n) is 11.7. The molecule has 0 bridgehead atoms. The normalized spacial score (nSPS) is 17.4. The van der Waals surface area contributed by atoms with Crippen molar-refractivity contribution in [2.24, 2.45) is 4.99 Å². The molecule has 1 saturated carbocycles. The van der Waals surface area contributed by atoms with Crippen LogP contribution in [0.3, 0.4) is 0 Å². The molecule has 2 rings (SSSR count). The van der Waals surface area contributed by atoms with Crippen LogP contribution in [0.1, 0.15) is 53.9 Å². The van der Waals surface area contributed by atoms with Crippen LogP contribution in [0.4, 0.5) is 4.79 Å². The number of piperazine rings is 1. The summed E-state index contributed by atoms with van der Waals surface area (Å²) in [6.07, 6.45) is 2.82. The van der Waals surface area contributed by atoms with E-state index in [1.807, 2.05) is 20.8 Å².